The van der Waals surface area contributed by atoms with Crippen LogP contribution in [0.4, 0.5) is 14.5 Å². The Morgan fingerprint density at radius 3 is 2.79 bits per heavy atom. The summed E-state index contributed by atoms with van der Waals surface area (Å²) in [6.07, 6.45) is -2.52. The summed E-state index contributed by atoms with van der Waals surface area (Å²) in [7, 11) is 0. The lowest BCUT2D eigenvalue weighted by atomic mass is 10.2. The number of anilines is 1. The third-order valence-electron chi connectivity index (χ3n) is 1.54. The lowest BCUT2D eigenvalue weighted by Gasteiger charge is -2.05. The Balaban J connectivity index is 2.78. The van der Waals surface area contributed by atoms with Gasteiger partial charge in [0.2, 0.25) is 5.91 Å². The van der Waals surface area contributed by atoms with E-state index in [-0.39, 0.29) is 16.8 Å². The molecule has 0 heterocycles. The number of nitrogens with one attached hydrogen (secondary N) is 1. The van der Waals surface area contributed by atoms with E-state index in [4.69, 9.17) is 0 Å². The van der Waals surface area contributed by atoms with E-state index < -0.39 is 6.43 Å². The van der Waals surface area contributed by atoms with E-state index >= 15 is 0 Å². The molecule has 0 saturated heterocycles. The number of halogens is 3. The molecule has 1 amide bonds. The topological polar surface area (TPSA) is 29.1 Å². The number of hydrogen-bond donors (Lipinski definition) is 1. The van der Waals surface area contributed by atoms with Gasteiger partial charge in [-0.05, 0) is 12.1 Å². The molecule has 0 aliphatic heterocycles. The number of alkyl halides is 3. The van der Waals surface area contributed by atoms with Crippen LogP contribution in [0.2, 0.25) is 0 Å². The molecular formula is C9H8BrF2NO. The Kier molecular flexibility index (Phi) is 4.00. The van der Waals surface area contributed by atoms with Gasteiger partial charge in [0.25, 0.3) is 6.43 Å². The van der Waals surface area contributed by atoms with Crippen LogP contribution in [0.5, 0.6) is 0 Å². The van der Waals surface area contributed by atoms with Gasteiger partial charge in [0.05, 0.1) is 5.33 Å². The highest BCUT2D eigenvalue weighted by Crippen LogP contribution is 2.21. The molecule has 76 valence electrons. The fraction of sp³-hybridized carbons (Fsp3) is 0.222. The summed E-state index contributed by atoms with van der Waals surface area (Å²) in [4.78, 5) is 10.9. The normalized spacial score (nSPS) is 10.3. The molecular weight excluding hydrogens is 256 g/mol. The van der Waals surface area contributed by atoms with Gasteiger partial charge in [0.1, 0.15) is 0 Å². The van der Waals surface area contributed by atoms with Gasteiger partial charge in [-0.2, -0.15) is 0 Å². The molecule has 0 unspecified atom stereocenters. The molecule has 0 aliphatic carbocycles. The van der Waals surface area contributed by atoms with Crippen LogP contribution in [0.3, 0.4) is 0 Å². The Morgan fingerprint density at radius 2 is 2.21 bits per heavy atom. The van der Waals surface area contributed by atoms with E-state index in [0.29, 0.717) is 5.69 Å². The van der Waals surface area contributed by atoms with Crippen LogP contribution in [0.25, 0.3) is 0 Å². The van der Waals surface area contributed by atoms with E-state index in [1.807, 2.05) is 0 Å². The minimum absolute atomic E-state index is 0.0997. The van der Waals surface area contributed by atoms with Gasteiger partial charge in [0, 0.05) is 11.3 Å². The maximum absolute atomic E-state index is 12.2. The zero-order chi connectivity index (χ0) is 10.6. The van der Waals surface area contributed by atoms with Crippen LogP contribution in [0, 0.1) is 0 Å². The van der Waals surface area contributed by atoms with Crippen LogP contribution in [0.15, 0.2) is 24.3 Å². The monoisotopic (exact) mass is 263 g/mol. The smallest absolute Gasteiger partial charge is 0.263 e. The minimum Gasteiger partial charge on any atom is -0.325 e. The Labute approximate surface area is 88.4 Å². The summed E-state index contributed by atoms with van der Waals surface area (Å²) in [5.74, 6) is -0.267. The van der Waals surface area contributed by atoms with E-state index in [0.717, 1.165) is 0 Å². The zero-order valence-corrected chi connectivity index (χ0v) is 8.72. The number of carbonyl (C=O) groups is 1. The second-order valence-corrected chi connectivity index (χ2v) is 3.17. The summed E-state index contributed by atoms with van der Waals surface area (Å²) in [6.45, 7) is 0. The van der Waals surface area contributed by atoms with Crippen molar-refractivity contribution in [3.63, 3.8) is 0 Å². The van der Waals surface area contributed by atoms with Crippen LogP contribution >= 0.6 is 15.9 Å². The number of benzene rings is 1. The molecule has 0 spiro atoms. The highest BCUT2D eigenvalue weighted by molar-refractivity contribution is 9.09. The number of rotatable bonds is 3. The molecule has 1 aromatic rings. The lowest BCUT2D eigenvalue weighted by Crippen LogP contribution is -2.12. The molecule has 0 fully saturated rings. The van der Waals surface area contributed by atoms with Crippen molar-refractivity contribution in [1.29, 1.82) is 0 Å². The molecule has 1 rings (SSSR count). The predicted molar refractivity (Wildman–Crippen MR) is 53.8 cm³/mol. The first kappa shape index (κ1) is 11.1. The van der Waals surface area contributed by atoms with Gasteiger partial charge in [-0.1, -0.05) is 28.1 Å². The summed E-state index contributed by atoms with van der Waals surface area (Å²) in [6, 6.07) is 5.61. The molecule has 0 aromatic heterocycles. The van der Waals surface area contributed by atoms with E-state index in [2.05, 4.69) is 21.2 Å². The SMILES string of the molecule is O=C(CBr)Nc1cccc(C(F)F)c1. The average molecular weight is 264 g/mol. The minimum atomic E-state index is -2.52. The molecule has 14 heavy (non-hydrogen) atoms. The lowest BCUT2D eigenvalue weighted by molar-refractivity contribution is -0.113. The summed E-state index contributed by atoms with van der Waals surface area (Å²) < 4.78 is 24.5. The Bertz CT molecular complexity index is 330. The summed E-state index contributed by atoms with van der Waals surface area (Å²) in [5.41, 5.74) is 0.282. The first-order valence-electron chi connectivity index (χ1n) is 3.87. The molecule has 0 saturated carbocycles. The number of hydrogen-bond acceptors (Lipinski definition) is 1. The van der Waals surface area contributed by atoms with Gasteiger partial charge < -0.3 is 5.32 Å². The van der Waals surface area contributed by atoms with Gasteiger partial charge in [0.15, 0.2) is 0 Å². The molecule has 0 aliphatic rings. The summed E-state index contributed by atoms with van der Waals surface area (Å²) in [5, 5.41) is 2.61. The average Bonchev–Trinajstić information content (AvgIpc) is 2.18. The van der Waals surface area contributed by atoms with Crippen molar-refractivity contribution in [1.82, 2.24) is 0 Å². The van der Waals surface area contributed by atoms with Crippen LogP contribution < -0.4 is 5.32 Å². The van der Waals surface area contributed by atoms with E-state index in [1.54, 1.807) is 6.07 Å². The van der Waals surface area contributed by atoms with Crippen molar-refractivity contribution < 1.29 is 13.6 Å². The third kappa shape index (κ3) is 3.06. The molecule has 0 atom stereocenters. The van der Waals surface area contributed by atoms with Gasteiger partial charge in [-0.15, -0.1) is 0 Å². The quantitative estimate of drug-likeness (QED) is 0.835. The maximum atomic E-state index is 12.2. The van der Waals surface area contributed by atoms with Crippen LogP contribution in [-0.4, -0.2) is 11.2 Å². The molecule has 1 N–H and O–H groups in total. The number of amides is 1. The van der Waals surface area contributed by atoms with Crippen molar-refractivity contribution in [3.8, 4) is 0 Å². The molecule has 0 radical (unpaired) electrons. The first-order valence-corrected chi connectivity index (χ1v) is 4.99. The molecule has 0 bridgehead atoms. The second kappa shape index (κ2) is 5.05. The molecule has 5 heteroatoms. The van der Waals surface area contributed by atoms with Crippen molar-refractivity contribution in [2.24, 2.45) is 0 Å². The van der Waals surface area contributed by atoms with Gasteiger partial charge in [-0.25, -0.2) is 8.78 Å². The standard InChI is InChI=1S/C9H8BrF2NO/c10-5-8(14)13-7-3-1-2-6(4-7)9(11)12/h1-4,9H,5H2,(H,13,14). The Morgan fingerprint density at radius 1 is 1.50 bits per heavy atom. The maximum Gasteiger partial charge on any atom is 0.263 e. The first-order chi connectivity index (χ1) is 6.63. The summed E-state index contributed by atoms with van der Waals surface area (Å²) >= 11 is 2.96. The van der Waals surface area contributed by atoms with Crippen LogP contribution in [0.1, 0.15) is 12.0 Å². The largest absolute Gasteiger partial charge is 0.325 e. The Hall–Kier alpha value is -0.970. The predicted octanol–water partition coefficient (Wildman–Crippen LogP) is 2.96. The van der Waals surface area contributed by atoms with Crippen LogP contribution in [-0.2, 0) is 4.79 Å². The van der Waals surface area contributed by atoms with Crippen molar-refractivity contribution in [2.45, 2.75) is 6.43 Å². The molecule has 2 nitrogen and oxygen atoms in total. The zero-order valence-electron chi connectivity index (χ0n) is 7.14. The van der Waals surface area contributed by atoms with Crippen molar-refractivity contribution in [2.75, 3.05) is 10.6 Å². The van der Waals surface area contributed by atoms with E-state index in [9.17, 15) is 13.6 Å². The van der Waals surface area contributed by atoms with Crippen molar-refractivity contribution in [3.05, 3.63) is 29.8 Å². The van der Waals surface area contributed by atoms with Crippen molar-refractivity contribution >= 4 is 27.5 Å². The van der Waals surface area contributed by atoms with Gasteiger partial charge in [-0.3, -0.25) is 4.79 Å². The van der Waals surface area contributed by atoms with E-state index in [1.165, 1.54) is 18.2 Å². The number of carbonyl (C=O) groups excluding carboxylic acids is 1. The van der Waals surface area contributed by atoms with Gasteiger partial charge >= 0.3 is 0 Å². The fourth-order valence-electron chi connectivity index (χ4n) is 0.947. The third-order valence-corrected chi connectivity index (χ3v) is 2.05. The fourth-order valence-corrected chi connectivity index (χ4v) is 1.09. The molecule has 1 aromatic carbocycles. The second-order valence-electron chi connectivity index (χ2n) is 2.61. The highest BCUT2D eigenvalue weighted by Gasteiger charge is 2.07. The highest BCUT2D eigenvalue weighted by atomic mass is 79.9.